The van der Waals surface area contributed by atoms with Gasteiger partial charge in [0, 0.05) is 0 Å². The Labute approximate surface area is 132 Å². The van der Waals surface area contributed by atoms with Crippen molar-refractivity contribution in [3.05, 3.63) is 97.1 Å². The second-order valence-electron chi connectivity index (χ2n) is 3.78. The van der Waals surface area contributed by atoms with Gasteiger partial charge in [0.05, 0.1) is 0 Å². The highest BCUT2D eigenvalue weighted by Gasteiger charge is 1.63. The maximum absolute atomic E-state index is 5.18. The lowest BCUT2D eigenvalue weighted by Crippen LogP contribution is -1.59. The van der Waals surface area contributed by atoms with Crippen LogP contribution in [0.5, 0.6) is 0 Å². The van der Waals surface area contributed by atoms with Gasteiger partial charge in [-0.05, 0) is 0 Å². The van der Waals surface area contributed by atoms with Crippen molar-refractivity contribution in [1.82, 2.24) is 0 Å². The van der Waals surface area contributed by atoms with E-state index in [0.29, 0.717) is 0 Å². The summed E-state index contributed by atoms with van der Waals surface area (Å²) in [7, 11) is 0. The first kappa shape index (κ1) is 16.2. The molecule has 0 spiro atoms. The molecule has 0 aliphatic carbocycles. The zero-order valence-corrected chi connectivity index (χ0v) is 12.7. The standard InChI is InChI=1S/C18H18S2/c19-17-13-9-5-1-2-6-10-14-18(20)16-12-8-4-3-7-11-15-17/h1-16,19-20H/p-2. The predicted octanol–water partition coefficient (Wildman–Crippen LogP) is 4.87. The van der Waals surface area contributed by atoms with E-state index in [1.807, 2.05) is 97.1 Å². The first-order chi connectivity index (χ1) is 9.79. The lowest BCUT2D eigenvalue weighted by Gasteiger charge is -1.97. The van der Waals surface area contributed by atoms with Gasteiger partial charge in [0.15, 0.2) is 0 Å². The van der Waals surface area contributed by atoms with Gasteiger partial charge >= 0.3 is 0 Å². The van der Waals surface area contributed by atoms with Gasteiger partial charge in [-0.1, -0.05) is 97.1 Å². The van der Waals surface area contributed by atoms with E-state index in [1.165, 1.54) is 0 Å². The Morgan fingerprint density at radius 3 is 0.800 bits per heavy atom. The van der Waals surface area contributed by atoms with Gasteiger partial charge in [0.2, 0.25) is 0 Å². The quantitative estimate of drug-likeness (QED) is 0.626. The van der Waals surface area contributed by atoms with Gasteiger partial charge in [-0.3, -0.25) is 0 Å². The van der Waals surface area contributed by atoms with Crippen LogP contribution < -0.4 is 0 Å². The zero-order chi connectivity index (χ0) is 14.5. The minimum absolute atomic E-state index is 0.790. The zero-order valence-electron chi connectivity index (χ0n) is 11.1. The van der Waals surface area contributed by atoms with Crippen molar-refractivity contribution in [2.75, 3.05) is 0 Å². The molecule has 20 heavy (non-hydrogen) atoms. The molecule has 0 atom stereocenters. The van der Waals surface area contributed by atoms with Gasteiger partial charge in [0.25, 0.3) is 0 Å². The molecule has 0 radical (unpaired) electrons. The molecule has 1 aromatic carbocycles. The summed E-state index contributed by atoms with van der Waals surface area (Å²) < 4.78 is 0. The van der Waals surface area contributed by atoms with Crippen molar-refractivity contribution in [1.29, 1.82) is 0 Å². The summed E-state index contributed by atoms with van der Waals surface area (Å²) in [5, 5.41) is 0. The molecule has 0 aliphatic heterocycles. The topological polar surface area (TPSA) is 0 Å². The molecule has 0 bridgehead atoms. The fourth-order valence-electron chi connectivity index (χ4n) is 1.23. The highest BCUT2D eigenvalue weighted by Crippen LogP contribution is 1.91. The molecule has 0 aromatic heterocycles. The molecule has 1 aromatic rings. The molecule has 1 rings (SSSR count). The number of hydrogen-bond acceptors (Lipinski definition) is 2. The van der Waals surface area contributed by atoms with Crippen LogP contribution >= 0.6 is 0 Å². The van der Waals surface area contributed by atoms with Crippen LogP contribution in [0.3, 0.4) is 0 Å². The Balaban J connectivity index is 3.19. The van der Waals surface area contributed by atoms with E-state index in [0.717, 1.165) is 9.79 Å². The largest absolute Gasteiger partial charge is 0.780 e. The normalized spacial score (nSPS) is 8.40. The van der Waals surface area contributed by atoms with Gasteiger partial charge in [0.1, 0.15) is 0 Å². The first-order valence-electron chi connectivity index (χ1n) is 6.23. The molecule has 0 heterocycles. The van der Waals surface area contributed by atoms with E-state index >= 15 is 0 Å². The number of rotatable bonds is 0. The van der Waals surface area contributed by atoms with Crippen molar-refractivity contribution in [2.45, 2.75) is 9.79 Å². The van der Waals surface area contributed by atoms with Crippen molar-refractivity contribution in [3.8, 4) is 0 Å². The SMILES string of the molecule is [S-]c1ccccccccc([S-])cccccccc1. The fraction of sp³-hybridized carbons (Fsp3) is 0. The van der Waals surface area contributed by atoms with Gasteiger partial charge in [-0.25, -0.2) is 0 Å². The van der Waals surface area contributed by atoms with Crippen LogP contribution in [0.1, 0.15) is 0 Å². The smallest absolute Gasteiger partial charge is 0.0623 e. The lowest BCUT2D eigenvalue weighted by atomic mass is 10.4. The van der Waals surface area contributed by atoms with E-state index in [2.05, 4.69) is 0 Å². The molecular formula is C18H16S2-2. The highest BCUT2D eigenvalue weighted by atomic mass is 32.1. The molecule has 0 aliphatic rings. The van der Waals surface area contributed by atoms with E-state index < -0.39 is 0 Å². The summed E-state index contributed by atoms with van der Waals surface area (Å²) in [6, 6.07) is 30.7. The third-order valence-corrected chi connectivity index (χ3v) is 2.70. The molecule has 102 valence electrons. The maximum Gasteiger partial charge on any atom is -0.0623 e. The van der Waals surface area contributed by atoms with E-state index in [1.54, 1.807) is 0 Å². The average molecular weight is 296 g/mol. The van der Waals surface area contributed by atoms with Crippen molar-refractivity contribution in [3.63, 3.8) is 0 Å². The molecule has 0 fully saturated rings. The minimum atomic E-state index is 0.790. The van der Waals surface area contributed by atoms with Crippen LogP contribution in [0.25, 0.3) is 0 Å². The van der Waals surface area contributed by atoms with Gasteiger partial charge < -0.3 is 25.3 Å². The Morgan fingerprint density at radius 1 is 0.350 bits per heavy atom. The summed E-state index contributed by atoms with van der Waals surface area (Å²) >= 11 is 10.4. The van der Waals surface area contributed by atoms with Crippen LogP contribution in [-0.4, -0.2) is 0 Å². The van der Waals surface area contributed by atoms with E-state index in [9.17, 15) is 0 Å². The summed E-state index contributed by atoms with van der Waals surface area (Å²) in [4.78, 5) is 1.58. The molecular weight excluding hydrogens is 280 g/mol. The third-order valence-electron chi connectivity index (χ3n) is 2.15. The van der Waals surface area contributed by atoms with E-state index in [-0.39, 0.29) is 0 Å². The number of hydrogen-bond donors (Lipinski definition) is 0. The Bertz CT molecular complexity index is 478. The summed E-state index contributed by atoms with van der Waals surface area (Å²) in [5.41, 5.74) is 0. The Hall–Kier alpha value is -1.90. The van der Waals surface area contributed by atoms with Crippen molar-refractivity contribution < 1.29 is 0 Å². The van der Waals surface area contributed by atoms with Crippen LogP contribution in [0.4, 0.5) is 0 Å². The molecule has 0 saturated heterocycles. The van der Waals surface area contributed by atoms with Crippen LogP contribution in [0.2, 0.25) is 0 Å². The van der Waals surface area contributed by atoms with Crippen LogP contribution in [0, 0.1) is 0 Å². The molecule has 0 amide bonds. The maximum atomic E-state index is 5.18. The summed E-state index contributed by atoms with van der Waals surface area (Å²) in [6.07, 6.45) is 0. The van der Waals surface area contributed by atoms with Crippen molar-refractivity contribution in [2.24, 2.45) is 0 Å². The predicted molar refractivity (Wildman–Crippen MR) is 90.6 cm³/mol. The van der Waals surface area contributed by atoms with Crippen LogP contribution in [0.15, 0.2) is 107 Å². The Kier molecular flexibility index (Phi) is 8.86. The van der Waals surface area contributed by atoms with Crippen LogP contribution in [-0.2, 0) is 25.3 Å². The molecule has 0 unspecified atom stereocenters. The molecule has 2 heteroatoms. The molecule has 0 nitrogen and oxygen atoms in total. The average Bonchev–Trinajstić information content (AvgIpc) is 2.43. The van der Waals surface area contributed by atoms with Gasteiger partial charge in [-0.2, -0.15) is 9.79 Å². The fourth-order valence-corrected chi connectivity index (χ4v) is 1.54. The minimum Gasteiger partial charge on any atom is -0.780 e. The lowest BCUT2D eigenvalue weighted by molar-refractivity contribution is 1.50. The molecule has 0 saturated carbocycles. The Morgan fingerprint density at radius 2 is 0.550 bits per heavy atom. The third kappa shape index (κ3) is 9.09. The highest BCUT2D eigenvalue weighted by molar-refractivity contribution is 7.59. The molecule has 0 N–H and O–H groups in total. The monoisotopic (exact) mass is 296 g/mol. The van der Waals surface area contributed by atoms with Gasteiger partial charge in [-0.15, -0.1) is 0 Å². The first-order valence-corrected chi connectivity index (χ1v) is 7.05. The second kappa shape index (κ2) is 11.0. The summed E-state index contributed by atoms with van der Waals surface area (Å²) in [6.45, 7) is 0. The van der Waals surface area contributed by atoms with E-state index in [4.69, 9.17) is 25.3 Å². The van der Waals surface area contributed by atoms with Crippen molar-refractivity contribution >= 4 is 25.3 Å². The second-order valence-corrected chi connectivity index (χ2v) is 4.72. The summed E-state index contributed by atoms with van der Waals surface area (Å²) in [5.74, 6) is 0.